The second-order valence-electron chi connectivity index (χ2n) is 3.55. The molecule has 0 heterocycles. The lowest BCUT2D eigenvalue weighted by molar-refractivity contribution is 1.00. The van der Waals surface area contributed by atoms with Crippen molar-refractivity contribution < 1.29 is 2.74 Å². The first-order valence-electron chi connectivity index (χ1n) is 5.96. The maximum absolute atomic E-state index is 8.24. The van der Waals surface area contributed by atoms with Gasteiger partial charge in [-0.1, -0.05) is 48.5 Å². The Morgan fingerprint density at radius 3 is 1.21 bits per heavy atom. The average molecular weight is 182 g/mol. The minimum absolute atomic E-state index is 0.339. The molecule has 0 atom stereocenters. The average Bonchev–Trinajstić information content (AvgIpc) is 2.36. The Bertz CT molecular complexity index is 438. The first-order valence-corrected chi connectivity index (χ1v) is 4.81. The van der Waals surface area contributed by atoms with Gasteiger partial charge in [-0.05, 0) is 35.0 Å². The topological polar surface area (TPSA) is 0 Å². The van der Waals surface area contributed by atoms with E-state index in [-0.39, 0.29) is 12.8 Å². The first-order chi connectivity index (χ1) is 7.79. The Balaban J connectivity index is 2.26. The SMILES string of the molecule is [2H]C1c2ccccc2C([2H])c2ccccc21. The predicted molar refractivity (Wildman–Crippen MR) is 58.5 cm³/mol. The quantitative estimate of drug-likeness (QED) is 0.587. The Hall–Kier alpha value is -1.56. The molecule has 0 unspecified atom stereocenters. The van der Waals surface area contributed by atoms with Gasteiger partial charge in [0.05, 0.1) is 0 Å². The maximum atomic E-state index is 8.24. The Morgan fingerprint density at radius 2 is 0.929 bits per heavy atom. The van der Waals surface area contributed by atoms with Gasteiger partial charge in [0.15, 0.2) is 0 Å². The normalized spacial score (nSPS) is 25.7. The number of fused-ring (bicyclic) bond motifs is 2. The number of hydrogen-bond acceptors (Lipinski definition) is 0. The lowest BCUT2D eigenvalue weighted by Crippen LogP contribution is -2.06. The summed E-state index contributed by atoms with van der Waals surface area (Å²) in [6.45, 7) is 0. The van der Waals surface area contributed by atoms with E-state index in [4.69, 9.17) is 2.74 Å². The largest absolute Gasteiger partial charge is 0.0620 e. The summed E-state index contributed by atoms with van der Waals surface area (Å²) in [5.74, 6) is 0. The summed E-state index contributed by atoms with van der Waals surface area (Å²) in [4.78, 5) is 0. The van der Waals surface area contributed by atoms with Crippen LogP contribution in [-0.4, -0.2) is 0 Å². The van der Waals surface area contributed by atoms with Gasteiger partial charge in [-0.2, -0.15) is 0 Å². The third-order valence-electron chi connectivity index (χ3n) is 2.61. The smallest absolute Gasteiger partial charge is 0.0366 e. The first kappa shape index (κ1) is 6.02. The predicted octanol–water partition coefficient (Wildman–Crippen LogP) is 3.18. The fourth-order valence-corrected chi connectivity index (χ4v) is 1.88. The minimum Gasteiger partial charge on any atom is -0.0620 e. The highest BCUT2D eigenvalue weighted by atomic mass is 14.2. The summed E-state index contributed by atoms with van der Waals surface area (Å²) in [5.41, 5.74) is 3.89. The van der Waals surface area contributed by atoms with Crippen LogP contribution in [0.4, 0.5) is 0 Å². The number of benzene rings is 2. The van der Waals surface area contributed by atoms with Crippen molar-refractivity contribution in [3.63, 3.8) is 0 Å². The van der Waals surface area contributed by atoms with Gasteiger partial charge in [-0.25, -0.2) is 0 Å². The van der Waals surface area contributed by atoms with Crippen molar-refractivity contribution in [1.29, 1.82) is 0 Å². The Labute approximate surface area is 87.0 Å². The van der Waals surface area contributed by atoms with E-state index >= 15 is 0 Å². The van der Waals surface area contributed by atoms with Crippen LogP contribution in [0.15, 0.2) is 48.5 Å². The molecule has 0 bridgehead atoms. The molecule has 0 saturated carbocycles. The molecule has 0 spiro atoms. The molecular formula is C14H12. The summed E-state index contributed by atoms with van der Waals surface area (Å²) in [5, 5.41) is 0. The van der Waals surface area contributed by atoms with Crippen molar-refractivity contribution in [3.8, 4) is 0 Å². The van der Waals surface area contributed by atoms with Crippen LogP contribution in [0.3, 0.4) is 0 Å². The minimum atomic E-state index is -0.339. The van der Waals surface area contributed by atoms with E-state index in [9.17, 15) is 0 Å². The molecule has 14 heavy (non-hydrogen) atoms. The summed E-state index contributed by atoms with van der Waals surface area (Å²) in [6, 6.07) is 15.6. The van der Waals surface area contributed by atoms with Crippen molar-refractivity contribution in [2.75, 3.05) is 0 Å². The highest BCUT2D eigenvalue weighted by Gasteiger charge is 2.12. The zero-order valence-electron chi connectivity index (χ0n) is 9.77. The summed E-state index contributed by atoms with van der Waals surface area (Å²) in [7, 11) is 0. The van der Waals surface area contributed by atoms with Crippen LogP contribution in [0.5, 0.6) is 0 Å². The lowest BCUT2D eigenvalue weighted by Gasteiger charge is -2.18. The van der Waals surface area contributed by atoms with Gasteiger partial charge in [0.25, 0.3) is 0 Å². The van der Waals surface area contributed by atoms with E-state index in [2.05, 4.69) is 0 Å². The zero-order chi connectivity index (χ0) is 11.1. The molecular weight excluding hydrogens is 168 g/mol. The van der Waals surface area contributed by atoms with Crippen LogP contribution in [0.25, 0.3) is 0 Å². The van der Waals surface area contributed by atoms with Gasteiger partial charge in [-0.3, -0.25) is 0 Å². The Morgan fingerprint density at radius 1 is 0.643 bits per heavy atom. The van der Waals surface area contributed by atoms with Crippen LogP contribution in [-0.2, 0) is 12.8 Å². The molecule has 2 aromatic carbocycles. The van der Waals surface area contributed by atoms with Crippen LogP contribution in [0.2, 0.25) is 0 Å². The molecule has 0 N–H and O–H groups in total. The van der Waals surface area contributed by atoms with Gasteiger partial charge in [0.2, 0.25) is 0 Å². The molecule has 0 nitrogen and oxygen atoms in total. The molecule has 1 aliphatic rings. The summed E-state index contributed by atoms with van der Waals surface area (Å²) >= 11 is 0. The van der Waals surface area contributed by atoms with Gasteiger partial charge in [0.1, 0.15) is 0 Å². The maximum Gasteiger partial charge on any atom is 0.0366 e. The Kier molecular flexibility index (Phi) is 1.28. The zero-order valence-corrected chi connectivity index (χ0v) is 7.77. The van der Waals surface area contributed by atoms with E-state index in [0.29, 0.717) is 0 Å². The van der Waals surface area contributed by atoms with Gasteiger partial charge in [-0.15, -0.1) is 0 Å². The third-order valence-corrected chi connectivity index (χ3v) is 2.61. The molecule has 0 aromatic heterocycles. The van der Waals surface area contributed by atoms with E-state index in [1.807, 2.05) is 48.5 Å². The van der Waals surface area contributed by atoms with Crippen molar-refractivity contribution in [2.24, 2.45) is 0 Å². The van der Waals surface area contributed by atoms with Crippen LogP contribution >= 0.6 is 0 Å². The fraction of sp³-hybridized carbons (Fsp3) is 0.143. The third kappa shape index (κ3) is 1.15. The summed E-state index contributed by atoms with van der Waals surface area (Å²) in [6.07, 6.45) is -0.678. The summed E-state index contributed by atoms with van der Waals surface area (Å²) < 4.78 is 16.5. The fourth-order valence-electron chi connectivity index (χ4n) is 1.88. The number of hydrogen-bond donors (Lipinski definition) is 0. The molecule has 1 aliphatic carbocycles. The van der Waals surface area contributed by atoms with Gasteiger partial charge in [0, 0.05) is 2.74 Å². The second-order valence-corrected chi connectivity index (χ2v) is 3.55. The molecule has 2 aromatic rings. The molecule has 0 radical (unpaired) electrons. The second kappa shape index (κ2) is 2.98. The van der Waals surface area contributed by atoms with Crippen molar-refractivity contribution in [3.05, 3.63) is 70.8 Å². The van der Waals surface area contributed by atoms with E-state index in [1.54, 1.807) is 0 Å². The molecule has 0 amide bonds. The number of rotatable bonds is 0. The molecule has 68 valence electrons. The molecule has 0 saturated heterocycles. The van der Waals surface area contributed by atoms with Crippen LogP contribution in [0, 0.1) is 0 Å². The molecule has 0 heteroatoms. The molecule has 3 rings (SSSR count). The standard InChI is InChI=1S/C14H12/c1-2-6-12-10-14-8-4-3-7-13(14)9-11(12)5-1/h1-8H,9-10H2/i9D,10D. The van der Waals surface area contributed by atoms with Crippen molar-refractivity contribution in [1.82, 2.24) is 0 Å². The lowest BCUT2D eigenvalue weighted by atomic mass is 9.86. The van der Waals surface area contributed by atoms with E-state index in [1.165, 1.54) is 0 Å². The van der Waals surface area contributed by atoms with Gasteiger partial charge < -0.3 is 0 Å². The van der Waals surface area contributed by atoms with E-state index < -0.39 is 0 Å². The monoisotopic (exact) mass is 182 g/mol. The van der Waals surface area contributed by atoms with E-state index in [0.717, 1.165) is 22.3 Å². The molecule has 0 fully saturated rings. The van der Waals surface area contributed by atoms with Crippen LogP contribution in [0.1, 0.15) is 25.0 Å². The highest BCUT2D eigenvalue weighted by Crippen LogP contribution is 2.26. The van der Waals surface area contributed by atoms with Gasteiger partial charge >= 0.3 is 0 Å². The highest BCUT2D eigenvalue weighted by molar-refractivity contribution is 5.44. The molecule has 0 aliphatic heterocycles. The van der Waals surface area contributed by atoms with Crippen molar-refractivity contribution in [2.45, 2.75) is 12.8 Å². The van der Waals surface area contributed by atoms with Crippen LogP contribution < -0.4 is 0 Å². The van der Waals surface area contributed by atoms with Crippen molar-refractivity contribution >= 4 is 0 Å².